The van der Waals surface area contributed by atoms with Crippen molar-refractivity contribution in [3.63, 3.8) is 0 Å². The fourth-order valence-corrected chi connectivity index (χ4v) is 3.59. The second kappa shape index (κ2) is 20.0. The second-order valence-corrected chi connectivity index (χ2v) is 7.86. The van der Waals surface area contributed by atoms with Gasteiger partial charge in [-0.1, -0.05) is 109 Å². The Morgan fingerprint density at radius 2 is 1.48 bits per heavy atom. The zero-order valence-electron chi connectivity index (χ0n) is 19.7. The summed E-state index contributed by atoms with van der Waals surface area (Å²) in [7, 11) is 0. The molecule has 0 aromatic heterocycles. The van der Waals surface area contributed by atoms with Crippen molar-refractivity contribution in [1.82, 2.24) is 0 Å². The maximum atomic E-state index is 5.70. The van der Waals surface area contributed by atoms with Crippen molar-refractivity contribution in [3.8, 4) is 0 Å². The second-order valence-electron chi connectivity index (χ2n) is 7.01. The van der Waals surface area contributed by atoms with Gasteiger partial charge in [0, 0.05) is 17.4 Å². The Bertz CT molecular complexity index is 582. The molecule has 0 bridgehead atoms. The first-order chi connectivity index (χ1) is 14.2. The Balaban J connectivity index is 0.000000526. The fraction of sp³-hybridized carbons (Fsp3) is 0.556. The fourth-order valence-electron chi connectivity index (χ4n) is 2.95. The molecule has 29 heavy (non-hydrogen) atoms. The summed E-state index contributed by atoms with van der Waals surface area (Å²) in [6, 6.07) is 19.2. The van der Waals surface area contributed by atoms with E-state index in [9.17, 15) is 0 Å². The third-order valence-electron chi connectivity index (χ3n) is 4.59. The lowest BCUT2D eigenvalue weighted by Crippen LogP contribution is -2.05. The molecule has 0 spiro atoms. The Morgan fingerprint density at radius 3 is 2.10 bits per heavy atom. The van der Waals surface area contributed by atoms with Crippen molar-refractivity contribution in [2.24, 2.45) is 0 Å². The molecule has 0 saturated heterocycles. The van der Waals surface area contributed by atoms with Crippen LogP contribution in [-0.4, -0.2) is 19.5 Å². The van der Waals surface area contributed by atoms with Crippen LogP contribution in [0.4, 0.5) is 0 Å². The van der Waals surface area contributed by atoms with Crippen molar-refractivity contribution in [1.29, 1.82) is 0 Å². The van der Waals surface area contributed by atoms with Crippen molar-refractivity contribution in [3.05, 3.63) is 65.7 Å². The summed E-state index contributed by atoms with van der Waals surface area (Å²) < 4.78 is 5.70. The number of aryl methyl sites for hydroxylation is 1. The van der Waals surface area contributed by atoms with Gasteiger partial charge in [-0.3, -0.25) is 0 Å². The number of benzene rings is 2. The molecule has 164 valence electrons. The summed E-state index contributed by atoms with van der Waals surface area (Å²) in [5, 5.41) is 0. The van der Waals surface area contributed by atoms with Gasteiger partial charge in [0.25, 0.3) is 0 Å². The van der Waals surface area contributed by atoms with Gasteiger partial charge in [0.1, 0.15) is 0 Å². The van der Waals surface area contributed by atoms with Gasteiger partial charge in [-0.25, -0.2) is 0 Å². The van der Waals surface area contributed by atoms with Gasteiger partial charge >= 0.3 is 0 Å². The Labute approximate surface area is 185 Å². The normalized spacial score (nSPS) is 11.0. The molecule has 1 nitrogen and oxygen atoms in total. The summed E-state index contributed by atoms with van der Waals surface area (Å²) in [4.78, 5) is 1.43. The quantitative estimate of drug-likeness (QED) is 0.267. The molecule has 0 heterocycles. The van der Waals surface area contributed by atoms with E-state index in [0.29, 0.717) is 5.92 Å². The first kappa shape index (κ1) is 27.8. The first-order valence-electron chi connectivity index (χ1n) is 11.5. The van der Waals surface area contributed by atoms with Crippen LogP contribution in [0, 0.1) is 0 Å². The molecule has 0 N–H and O–H groups in total. The molecule has 2 aromatic rings. The molecule has 2 heteroatoms. The van der Waals surface area contributed by atoms with Crippen LogP contribution in [0.1, 0.15) is 83.8 Å². The molecule has 0 fully saturated rings. The average Bonchev–Trinajstić information content (AvgIpc) is 2.79. The van der Waals surface area contributed by atoms with Gasteiger partial charge in [0.05, 0.1) is 6.61 Å². The van der Waals surface area contributed by atoms with Crippen LogP contribution in [0.15, 0.2) is 59.5 Å². The third kappa shape index (κ3) is 13.6. The lowest BCUT2D eigenvalue weighted by molar-refractivity contribution is 0.119. The van der Waals surface area contributed by atoms with Gasteiger partial charge in [-0.2, -0.15) is 0 Å². The molecule has 1 unspecified atom stereocenters. The van der Waals surface area contributed by atoms with Crippen molar-refractivity contribution in [2.45, 2.75) is 84.0 Å². The lowest BCUT2D eigenvalue weighted by Gasteiger charge is -2.12. The van der Waals surface area contributed by atoms with Gasteiger partial charge < -0.3 is 4.74 Å². The SMILES string of the molecule is CC.CCCCCCOCC(C)c1ccccc1.CCCc1ccccc1SC. The average molecular weight is 417 g/mol. The molecule has 1 atom stereocenters. The predicted octanol–water partition coefficient (Wildman–Crippen LogP) is 8.77. The Hall–Kier alpha value is -1.25. The van der Waals surface area contributed by atoms with E-state index in [1.807, 2.05) is 25.6 Å². The molecule has 0 aliphatic carbocycles. The highest BCUT2D eigenvalue weighted by Crippen LogP contribution is 2.20. The van der Waals surface area contributed by atoms with Crippen LogP contribution in [0.2, 0.25) is 0 Å². The Kier molecular flexibility index (Phi) is 19.2. The zero-order chi connectivity index (χ0) is 21.7. The number of thioether (sulfide) groups is 1. The zero-order valence-corrected chi connectivity index (χ0v) is 20.6. The number of hydrogen-bond donors (Lipinski definition) is 0. The summed E-state index contributed by atoms with van der Waals surface area (Å²) in [6.07, 6.45) is 9.70. The van der Waals surface area contributed by atoms with Gasteiger partial charge in [-0.15, -0.1) is 11.8 Å². The monoisotopic (exact) mass is 416 g/mol. The molecular formula is C27H44OS. The van der Waals surface area contributed by atoms with Gasteiger partial charge in [0.15, 0.2) is 0 Å². The predicted molar refractivity (Wildman–Crippen MR) is 133 cm³/mol. The van der Waals surface area contributed by atoms with E-state index in [1.54, 1.807) is 0 Å². The van der Waals surface area contributed by atoms with Crippen LogP contribution in [0.3, 0.4) is 0 Å². The standard InChI is InChI=1S/C15H24O.C10H14S.C2H6/c1-3-4-5-9-12-16-13-14(2)15-10-7-6-8-11-15;1-3-6-9-7-4-5-8-10(9)11-2;1-2/h6-8,10-11,14H,3-5,9,12-13H2,1-2H3;4-5,7-8H,3,6H2,1-2H3;1-2H3. The van der Waals surface area contributed by atoms with E-state index in [-0.39, 0.29) is 0 Å². The maximum Gasteiger partial charge on any atom is 0.0532 e. The largest absolute Gasteiger partial charge is 0.381 e. The van der Waals surface area contributed by atoms with Crippen LogP contribution >= 0.6 is 11.8 Å². The van der Waals surface area contributed by atoms with Gasteiger partial charge in [0.2, 0.25) is 0 Å². The molecule has 2 aromatic carbocycles. The molecular weight excluding hydrogens is 372 g/mol. The highest BCUT2D eigenvalue weighted by molar-refractivity contribution is 7.98. The van der Waals surface area contributed by atoms with E-state index in [0.717, 1.165) is 13.2 Å². The van der Waals surface area contributed by atoms with Crippen LogP contribution in [0.25, 0.3) is 0 Å². The van der Waals surface area contributed by atoms with Crippen LogP contribution in [-0.2, 0) is 11.2 Å². The highest BCUT2D eigenvalue weighted by Gasteiger charge is 2.04. The van der Waals surface area contributed by atoms with E-state index in [2.05, 4.69) is 81.6 Å². The molecule has 2 rings (SSSR count). The minimum Gasteiger partial charge on any atom is -0.381 e. The van der Waals surface area contributed by atoms with Crippen molar-refractivity contribution < 1.29 is 4.74 Å². The molecule has 0 saturated carbocycles. The summed E-state index contributed by atoms with van der Waals surface area (Å²) in [5.74, 6) is 0.507. The molecule has 0 aliphatic rings. The summed E-state index contributed by atoms with van der Waals surface area (Å²) in [6.45, 7) is 12.4. The lowest BCUT2D eigenvalue weighted by atomic mass is 10.0. The summed E-state index contributed by atoms with van der Waals surface area (Å²) >= 11 is 1.84. The van der Waals surface area contributed by atoms with Crippen LogP contribution < -0.4 is 0 Å². The van der Waals surface area contributed by atoms with E-state index in [1.165, 1.54) is 54.5 Å². The Morgan fingerprint density at radius 1 is 0.828 bits per heavy atom. The van der Waals surface area contributed by atoms with E-state index < -0.39 is 0 Å². The number of ether oxygens (including phenoxy) is 1. The van der Waals surface area contributed by atoms with Crippen molar-refractivity contribution >= 4 is 11.8 Å². The smallest absolute Gasteiger partial charge is 0.0532 e. The van der Waals surface area contributed by atoms with E-state index >= 15 is 0 Å². The van der Waals surface area contributed by atoms with Crippen LogP contribution in [0.5, 0.6) is 0 Å². The molecule has 0 aliphatic heterocycles. The highest BCUT2D eigenvalue weighted by atomic mass is 32.2. The molecule has 0 amide bonds. The minimum absolute atomic E-state index is 0.507. The molecule has 0 radical (unpaired) electrons. The first-order valence-corrected chi connectivity index (χ1v) is 12.7. The number of rotatable bonds is 11. The van der Waals surface area contributed by atoms with E-state index in [4.69, 9.17) is 4.74 Å². The maximum absolute atomic E-state index is 5.70. The third-order valence-corrected chi connectivity index (χ3v) is 5.43. The summed E-state index contributed by atoms with van der Waals surface area (Å²) in [5.41, 5.74) is 2.86. The number of hydrogen-bond acceptors (Lipinski definition) is 2. The minimum atomic E-state index is 0.507. The van der Waals surface area contributed by atoms with Crippen molar-refractivity contribution in [2.75, 3.05) is 19.5 Å². The number of unbranched alkanes of at least 4 members (excludes halogenated alkanes) is 3. The topological polar surface area (TPSA) is 9.23 Å². The van der Waals surface area contributed by atoms with Gasteiger partial charge in [-0.05, 0) is 36.3 Å².